The van der Waals surface area contributed by atoms with Gasteiger partial charge in [0.15, 0.2) is 17.8 Å². The third kappa shape index (κ3) is 3.24. The normalized spacial score (nSPS) is 10.9. The van der Waals surface area contributed by atoms with E-state index < -0.39 is 0 Å². The van der Waals surface area contributed by atoms with Crippen molar-refractivity contribution in [3.8, 4) is 11.5 Å². The molecule has 0 aliphatic heterocycles. The predicted molar refractivity (Wildman–Crippen MR) is 67.3 cm³/mol. The molecule has 1 aromatic rings. The van der Waals surface area contributed by atoms with Crippen LogP contribution in [0, 0.1) is 0 Å². The molecule has 1 aromatic carbocycles. The highest BCUT2D eigenvalue weighted by atomic mass is 16.5. The number of aldehydes is 1. The van der Waals surface area contributed by atoms with Crippen LogP contribution in [0.25, 0.3) is 5.57 Å². The molecule has 0 bridgehead atoms. The second-order valence-corrected chi connectivity index (χ2v) is 3.74. The van der Waals surface area contributed by atoms with Crippen molar-refractivity contribution in [2.75, 3.05) is 28.3 Å². The minimum absolute atomic E-state index is 0.593. The maximum absolute atomic E-state index is 11.0. The van der Waals surface area contributed by atoms with Gasteiger partial charge in [0.05, 0.1) is 14.2 Å². The molecule has 0 saturated heterocycles. The average molecular weight is 235 g/mol. The van der Waals surface area contributed by atoms with E-state index >= 15 is 0 Å². The van der Waals surface area contributed by atoms with Gasteiger partial charge in [0.25, 0.3) is 0 Å². The highest BCUT2D eigenvalue weighted by Gasteiger charge is 2.07. The van der Waals surface area contributed by atoms with Gasteiger partial charge in [-0.15, -0.1) is 0 Å². The van der Waals surface area contributed by atoms with E-state index in [9.17, 15) is 4.79 Å². The smallest absolute Gasteiger partial charge is 0.161 e. The zero-order valence-electron chi connectivity index (χ0n) is 10.6. The number of hydrogen-bond donors (Lipinski definition) is 0. The van der Waals surface area contributed by atoms with Crippen LogP contribution in [0.2, 0.25) is 0 Å². The number of benzene rings is 1. The Morgan fingerprint density at radius 1 is 1.18 bits per heavy atom. The first kappa shape index (κ1) is 13.1. The molecular formula is C13H17NO3. The zero-order chi connectivity index (χ0) is 12.8. The summed E-state index contributed by atoms with van der Waals surface area (Å²) in [4.78, 5) is 12.8. The first-order chi connectivity index (χ1) is 8.12. The first-order valence-corrected chi connectivity index (χ1v) is 5.18. The number of nitrogens with zero attached hydrogens (tertiary/aromatic N) is 1. The molecule has 0 amide bonds. The standard InChI is InChI=1S/C13H17NO3/c1-14(2)8-11(9-15)10-5-6-12(16-3)13(7-10)17-4/h5-9H,1-4H3/b11-8+. The van der Waals surface area contributed by atoms with Crippen molar-refractivity contribution in [1.82, 2.24) is 4.90 Å². The number of methoxy groups -OCH3 is 2. The van der Waals surface area contributed by atoms with Crippen molar-refractivity contribution < 1.29 is 14.3 Å². The fourth-order valence-corrected chi connectivity index (χ4v) is 1.47. The van der Waals surface area contributed by atoms with Crippen LogP contribution < -0.4 is 9.47 Å². The van der Waals surface area contributed by atoms with Crippen LogP contribution >= 0.6 is 0 Å². The van der Waals surface area contributed by atoms with Crippen LogP contribution in [0.4, 0.5) is 0 Å². The van der Waals surface area contributed by atoms with Gasteiger partial charge in [-0.25, -0.2) is 0 Å². The molecule has 4 heteroatoms. The monoisotopic (exact) mass is 235 g/mol. The van der Waals surface area contributed by atoms with E-state index in [0.717, 1.165) is 11.8 Å². The van der Waals surface area contributed by atoms with Crippen molar-refractivity contribution in [2.45, 2.75) is 0 Å². The number of allylic oxidation sites excluding steroid dienone is 1. The summed E-state index contributed by atoms with van der Waals surface area (Å²) in [5.74, 6) is 1.25. The summed E-state index contributed by atoms with van der Waals surface area (Å²) in [5, 5.41) is 0. The van der Waals surface area contributed by atoms with Gasteiger partial charge in [-0.2, -0.15) is 0 Å². The lowest BCUT2D eigenvalue weighted by molar-refractivity contribution is -0.103. The molecule has 0 aliphatic carbocycles. The second kappa shape index (κ2) is 5.94. The molecule has 17 heavy (non-hydrogen) atoms. The van der Waals surface area contributed by atoms with Crippen molar-refractivity contribution in [2.24, 2.45) is 0 Å². The van der Waals surface area contributed by atoms with E-state index in [1.54, 1.807) is 32.6 Å². The Kier molecular flexibility index (Phi) is 4.57. The zero-order valence-corrected chi connectivity index (χ0v) is 10.6. The van der Waals surface area contributed by atoms with Gasteiger partial charge in [-0.1, -0.05) is 6.07 Å². The van der Waals surface area contributed by atoms with E-state index in [1.165, 1.54) is 0 Å². The van der Waals surface area contributed by atoms with Crippen molar-refractivity contribution in [3.63, 3.8) is 0 Å². The maximum atomic E-state index is 11.0. The first-order valence-electron chi connectivity index (χ1n) is 5.18. The van der Waals surface area contributed by atoms with E-state index in [0.29, 0.717) is 17.1 Å². The second-order valence-electron chi connectivity index (χ2n) is 3.74. The van der Waals surface area contributed by atoms with E-state index in [1.807, 2.05) is 25.1 Å². The minimum atomic E-state index is 0.593. The summed E-state index contributed by atoms with van der Waals surface area (Å²) in [6.07, 6.45) is 2.58. The van der Waals surface area contributed by atoms with Gasteiger partial charge in [-0.05, 0) is 17.7 Å². The summed E-state index contributed by atoms with van der Waals surface area (Å²) in [5.41, 5.74) is 1.39. The Balaban J connectivity index is 3.18. The van der Waals surface area contributed by atoms with E-state index in [-0.39, 0.29) is 0 Å². The lowest BCUT2D eigenvalue weighted by Gasteiger charge is -2.11. The molecule has 0 atom stereocenters. The molecule has 0 N–H and O–H groups in total. The number of hydrogen-bond acceptors (Lipinski definition) is 4. The molecule has 0 heterocycles. The molecule has 1 rings (SSSR count). The summed E-state index contributed by atoms with van der Waals surface area (Å²) in [6, 6.07) is 5.38. The fraction of sp³-hybridized carbons (Fsp3) is 0.308. The third-order valence-corrected chi connectivity index (χ3v) is 2.24. The van der Waals surface area contributed by atoms with Crippen molar-refractivity contribution >= 4 is 11.9 Å². The van der Waals surface area contributed by atoms with Crippen LogP contribution in [0.5, 0.6) is 11.5 Å². The highest BCUT2D eigenvalue weighted by molar-refractivity contribution is 6.06. The maximum Gasteiger partial charge on any atom is 0.161 e. The summed E-state index contributed by atoms with van der Waals surface area (Å²) in [7, 11) is 6.88. The Labute approximate surface area is 101 Å². The van der Waals surface area contributed by atoms with Crippen LogP contribution in [0.1, 0.15) is 5.56 Å². The number of rotatable bonds is 5. The van der Waals surface area contributed by atoms with Crippen LogP contribution in [0.15, 0.2) is 24.4 Å². The van der Waals surface area contributed by atoms with E-state index in [4.69, 9.17) is 9.47 Å². The molecule has 0 unspecified atom stereocenters. The summed E-state index contributed by atoms with van der Waals surface area (Å²) in [6.45, 7) is 0. The highest BCUT2D eigenvalue weighted by Crippen LogP contribution is 2.29. The summed E-state index contributed by atoms with van der Waals surface area (Å²) >= 11 is 0. The molecule has 0 aromatic heterocycles. The minimum Gasteiger partial charge on any atom is -0.493 e. The average Bonchev–Trinajstić information content (AvgIpc) is 2.34. The number of ether oxygens (including phenoxy) is 2. The lowest BCUT2D eigenvalue weighted by atomic mass is 10.1. The van der Waals surface area contributed by atoms with Gasteiger partial charge in [0, 0.05) is 25.9 Å². The third-order valence-electron chi connectivity index (χ3n) is 2.24. The molecule has 0 spiro atoms. The van der Waals surface area contributed by atoms with Crippen molar-refractivity contribution in [1.29, 1.82) is 0 Å². The summed E-state index contributed by atoms with van der Waals surface area (Å²) < 4.78 is 10.3. The molecule has 92 valence electrons. The van der Waals surface area contributed by atoms with Crippen LogP contribution in [-0.2, 0) is 4.79 Å². The van der Waals surface area contributed by atoms with Gasteiger partial charge in [0.1, 0.15) is 0 Å². The van der Waals surface area contributed by atoms with Gasteiger partial charge >= 0.3 is 0 Å². The Hall–Kier alpha value is -1.97. The molecule has 0 aliphatic rings. The molecular weight excluding hydrogens is 218 g/mol. The number of carbonyl (C=O) groups is 1. The predicted octanol–water partition coefficient (Wildman–Crippen LogP) is 1.81. The van der Waals surface area contributed by atoms with Crippen molar-refractivity contribution in [3.05, 3.63) is 30.0 Å². The topological polar surface area (TPSA) is 38.8 Å². The Morgan fingerprint density at radius 2 is 1.82 bits per heavy atom. The lowest BCUT2D eigenvalue weighted by Crippen LogP contribution is -2.03. The Bertz CT molecular complexity index is 425. The van der Waals surface area contributed by atoms with Crippen LogP contribution in [-0.4, -0.2) is 39.5 Å². The quantitative estimate of drug-likeness (QED) is 0.576. The fourth-order valence-electron chi connectivity index (χ4n) is 1.47. The number of carbonyl (C=O) groups excluding carboxylic acids is 1. The molecule has 4 nitrogen and oxygen atoms in total. The van der Waals surface area contributed by atoms with Gasteiger partial charge in [0.2, 0.25) is 0 Å². The van der Waals surface area contributed by atoms with Gasteiger partial charge in [-0.3, -0.25) is 4.79 Å². The SMILES string of the molecule is COc1ccc(/C(C=O)=C/N(C)C)cc1OC. The van der Waals surface area contributed by atoms with Gasteiger partial charge < -0.3 is 14.4 Å². The molecule has 0 saturated carbocycles. The van der Waals surface area contributed by atoms with E-state index in [2.05, 4.69) is 0 Å². The Morgan fingerprint density at radius 3 is 2.29 bits per heavy atom. The molecule has 0 radical (unpaired) electrons. The molecule has 0 fully saturated rings. The van der Waals surface area contributed by atoms with Crippen LogP contribution in [0.3, 0.4) is 0 Å². The largest absolute Gasteiger partial charge is 0.493 e.